The molecule has 0 aliphatic carbocycles. The Kier molecular flexibility index (Phi) is 16.4. The molecule has 28 heavy (non-hydrogen) atoms. The smallest absolute Gasteiger partial charge is 0.323 e. The molecular formula is C20H38N2O6. The molecule has 0 saturated carbocycles. The van der Waals surface area contributed by atoms with Crippen molar-refractivity contribution in [2.45, 2.75) is 53.6 Å². The van der Waals surface area contributed by atoms with E-state index in [1.807, 2.05) is 27.7 Å². The van der Waals surface area contributed by atoms with Crippen LogP contribution in [-0.4, -0.2) is 63.9 Å². The number of carbonyl (C=O) groups is 4. The van der Waals surface area contributed by atoms with Gasteiger partial charge in [-0.15, -0.1) is 0 Å². The van der Waals surface area contributed by atoms with Crippen molar-refractivity contribution in [2.24, 2.45) is 23.7 Å². The van der Waals surface area contributed by atoms with Crippen LogP contribution in [0.3, 0.4) is 0 Å². The molecule has 0 rings (SSSR count). The van der Waals surface area contributed by atoms with E-state index in [0.29, 0.717) is 13.2 Å². The van der Waals surface area contributed by atoms with Crippen molar-refractivity contribution >= 4 is 24.5 Å². The molecule has 0 amide bonds. The van der Waals surface area contributed by atoms with E-state index in [1.165, 1.54) is 0 Å². The zero-order chi connectivity index (χ0) is 22.3. The maximum Gasteiger partial charge on any atom is 0.323 e. The lowest BCUT2D eigenvalue weighted by molar-refractivity contribution is -0.149. The second-order valence-electron chi connectivity index (χ2n) is 6.95. The molecule has 0 aromatic rings. The maximum atomic E-state index is 11.4. The fourth-order valence-electron chi connectivity index (χ4n) is 2.64. The van der Waals surface area contributed by atoms with Gasteiger partial charge >= 0.3 is 11.9 Å². The molecule has 1 unspecified atom stereocenters. The summed E-state index contributed by atoms with van der Waals surface area (Å²) in [5, 5.41) is 5.63. The van der Waals surface area contributed by atoms with E-state index in [1.54, 1.807) is 27.9 Å². The Morgan fingerprint density at radius 3 is 1.18 bits per heavy atom. The third-order valence-electron chi connectivity index (χ3n) is 4.33. The lowest BCUT2D eigenvalue weighted by Crippen LogP contribution is -2.44. The normalized spacial score (nSPS) is 14.9. The molecule has 4 atom stereocenters. The molecule has 0 heterocycles. The number of aldehydes is 2. The van der Waals surface area contributed by atoms with Gasteiger partial charge in [-0.05, 0) is 39.8 Å². The van der Waals surface area contributed by atoms with Crippen molar-refractivity contribution in [1.82, 2.24) is 10.6 Å². The Labute approximate surface area is 169 Å². The van der Waals surface area contributed by atoms with Crippen molar-refractivity contribution in [3.63, 3.8) is 0 Å². The summed E-state index contributed by atoms with van der Waals surface area (Å²) < 4.78 is 9.74. The van der Waals surface area contributed by atoms with Crippen molar-refractivity contribution < 1.29 is 28.7 Å². The SMILES string of the molecule is CCOC(=O)[C@H](NC)C(C=O)C(C)C.CCOC(=O)[C@H](NC)[C@@H](C=O)C(C)C. The molecule has 2 N–H and O–H groups in total. The van der Waals surface area contributed by atoms with E-state index < -0.39 is 12.1 Å². The third kappa shape index (κ3) is 9.94. The molecule has 0 radical (unpaired) electrons. The summed E-state index contributed by atoms with van der Waals surface area (Å²) in [4.78, 5) is 44.5. The third-order valence-corrected chi connectivity index (χ3v) is 4.33. The maximum absolute atomic E-state index is 11.4. The summed E-state index contributed by atoms with van der Waals surface area (Å²) in [6.45, 7) is 11.8. The van der Waals surface area contributed by atoms with E-state index in [9.17, 15) is 19.2 Å². The van der Waals surface area contributed by atoms with Crippen LogP contribution in [0.4, 0.5) is 0 Å². The lowest BCUT2D eigenvalue weighted by Gasteiger charge is -2.23. The Morgan fingerprint density at radius 2 is 1.04 bits per heavy atom. The zero-order valence-corrected chi connectivity index (χ0v) is 18.5. The van der Waals surface area contributed by atoms with Crippen molar-refractivity contribution in [1.29, 1.82) is 0 Å². The number of hydrogen-bond donors (Lipinski definition) is 2. The monoisotopic (exact) mass is 402 g/mol. The first-order valence-corrected chi connectivity index (χ1v) is 9.74. The first-order chi connectivity index (χ1) is 13.2. The Hall–Kier alpha value is -1.80. The highest BCUT2D eigenvalue weighted by atomic mass is 16.5. The number of hydrogen-bond acceptors (Lipinski definition) is 8. The molecule has 164 valence electrons. The lowest BCUT2D eigenvalue weighted by atomic mass is 9.90. The second kappa shape index (κ2) is 16.2. The van der Waals surface area contributed by atoms with Gasteiger partial charge in [-0.25, -0.2) is 0 Å². The van der Waals surface area contributed by atoms with Crippen LogP contribution in [0.2, 0.25) is 0 Å². The van der Waals surface area contributed by atoms with Gasteiger partial charge in [0.2, 0.25) is 0 Å². The van der Waals surface area contributed by atoms with Gasteiger partial charge in [0.25, 0.3) is 0 Å². The van der Waals surface area contributed by atoms with Crippen LogP contribution in [0.15, 0.2) is 0 Å². The van der Waals surface area contributed by atoms with Gasteiger partial charge < -0.3 is 29.7 Å². The zero-order valence-electron chi connectivity index (χ0n) is 18.5. The molecule has 0 spiro atoms. The van der Waals surface area contributed by atoms with Crippen molar-refractivity contribution in [3.05, 3.63) is 0 Å². The predicted molar refractivity (Wildman–Crippen MR) is 108 cm³/mol. The molecule has 0 aliphatic heterocycles. The van der Waals surface area contributed by atoms with Crippen LogP contribution < -0.4 is 10.6 Å². The highest BCUT2D eigenvalue weighted by Crippen LogP contribution is 2.14. The van der Waals surface area contributed by atoms with E-state index in [2.05, 4.69) is 10.6 Å². The van der Waals surface area contributed by atoms with Crippen LogP contribution in [-0.2, 0) is 28.7 Å². The molecule has 0 aliphatic rings. The number of ether oxygens (including phenoxy) is 2. The summed E-state index contributed by atoms with van der Waals surface area (Å²) in [6, 6.07) is -1.07. The summed E-state index contributed by atoms with van der Waals surface area (Å²) in [6.07, 6.45) is 1.62. The fraction of sp³-hybridized carbons (Fsp3) is 0.800. The average Bonchev–Trinajstić information content (AvgIpc) is 2.63. The fourth-order valence-corrected chi connectivity index (χ4v) is 2.64. The topological polar surface area (TPSA) is 111 Å². The number of carbonyl (C=O) groups excluding carboxylic acids is 4. The standard InChI is InChI=1S/2C10H19NO3/c2*1-5-14-10(13)9(11-4)8(6-12)7(2)3/h2*6-9,11H,5H2,1-4H3/t8?,9-;8-,9+/m10/s1. The minimum absolute atomic E-state index is 0.120. The average molecular weight is 403 g/mol. The first kappa shape index (κ1) is 28.4. The van der Waals surface area contributed by atoms with E-state index in [4.69, 9.17) is 9.47 Å². The van der Waals surface area contributed by atoms with Gasteiger partial charge in [0.05, 0.1) is 13.2 Å². The van der Waals surface area contributed by atoms with Crippen LogP contribution in [0.5, 0.6) is 0 Å². The quantitative estimate of drug-likeness (QED) is 0.370. The Balaban J connectivity index is 0. The van der Waals surface area contributed by atoms with Crippen LogP contribution >= 0.6 is 0 Å². The number of esters is 2. The molecule has 0 aromatic carbocycles. The predicted octanol–water partition coefficient (Wildman–Crippen LogP) is 1.22. The van der Waals surface area contributed by atoms with Gasteiger partial charge in [-0.3, -0.25) is 9.59 Å². The molecule has 0 saturated heterocycles. The van der Waals surface area contributed by atoms with E-state index >= 15 is 0 Å². The molecule has 0 bridgehead atoms. The molecule has 8 heteroatoms. The molecule has 8 nitrogen and oxygen atoms in total. The Morgan fingerprint density at radius 1 is 0.750 bits per heavy atom. The van der Waals surface area contributed by atoms with Crippen LogP contribution in [0, 0.1) is 23.7 Å². The van der Waals surface area contributed by atoms with E-state index in [0.717, 1.165) is 12.6 Å². The van der Waals surface area contributed by atoms with Gasteiger partial charge in [0, 0.05) is 11.8 Å². The van der Waals surface area contributed by atoms with Gasteiger partial charge in [0.15, 0.2) is 0 Å². The molecular weight excluding hydrogens is 364 g/mol. The van der Waals surface area contributed by atoms with Crippen LogP contribution in [0.1, 0.15) is 41.5 Å². The second-order valence-corrected chi connectivity index (χ2v) is 6.95. The first-order valence-electron chi connectivity index (χ1n) is 9.74. The minimum atomic E-state index is -0.535. The van der Waals surface area contributed by atoms with Crippen molar-refractivity contribution in [3.8, 4) is 0 Å². The summed E-state index contributed by atoms with van der Waals surface area (Å²) in [7, 11) is 3.31. The number of nitrogens with one attached hydrogen (secondary N) is 2. The minimum Gasteiger partial charge on any atom is -0.465 e. The van der Waals surface area contributed by atoms with Crippen molar-refractivity contribution in [2.75, 3.05) is 27.3 Å². The summed E-state index contributed by atoms with van der Waals surface area (Å²) >= 11 is 0. The highest BCUT2D eigenvalue weighted by Gasteiger charge is 2.30. The van der Waals surface area contributed by atoms with Gasteiger partial charge in [0.1, 0.15) is 24.7 Å². The molecule has 0 fully saturated rings. The largest absolute Gasteiger partial charge is 0.465 e. The van der Waals surface area contributed by atoms with Gasteiger partial charge in [-0.1, -0.05) is 27.7 Å². The van der Waals surface area contributed by atoms with Crippen LogP contribution in [0.25, 0.3) is 0 Å². The van der Waals surface area contributed by atoms with E-state index in [-0.39, 0.29) is 35.6 Å². The van der Waals surface area contributed by atoms with Gasteiger partial charge in [-0.2, -0.15) is 0 Å². The summed E-state index contributed by atoms with van der Waals surface area (Å²) in [5.74, 6) is -1.15. The summed E-state index contributed by atoms with van der Waals surface area (Å²) in [5.41, 5.74) is 0. The Bertz CT molecular complexity index is 426. The molecule has 0 aromatic heterocycles. The number of likely N-dealkylation sites (N-methyl/N-ethyl adjacent to an activating group) is 2. The number of rotatable bonds is 12. The highest BCUT2D eigenvalue weighted by molar-refractivity contribution is 5.80.